The fraction of sp³-hybridized carbons (Fsp3) is 0.467. The minimum Gasteiger partial charge on any atom is -0.356 e. The van der Waals surface area contributed by atoms with Gasteiger partial charge in [0.05, 0.1) is 0 Å². The molecule has 19 heavy (non-hydrogen) atoms. The van der Waals surface area contributed by atoms with Gasteiger partial charge in [0.2, 0.25) is 11.8 Å². The zero-order valence-electron chi connectivity index (χ0n) is 11.8. The predicted molar refractivity (Wildman–Crippen MR) is 77.1 cm³/mol. The molecule has 0 aliphatic carbocycles. The lowest BCUT2D eigenvalue weighted by molar-refractivity contribution is -0.119. The first-order chi connectivity index (χ1) is 9.04. The first-order valence-electron chi connectivity index (χ1n) is 6.67. The van der Waals surface area contributed by atoms with Crippen LogP contribution in [-0.2, 0) is 9.59 Å². The van der Waals surface area contributed by atoms with Crippen LogP contribution in [0.2, 0.25) is 0 Å². The largest absolute Gasteiger partial charge is 0.356 e. The Kier molecular flexibility index (Phi) is 6.06. The van der Waals surface area contributed by atoms with E-state index < -0.39 is 0 Å². The fourth-order valence-electron chi connectivity index (χ4n) is 1.83. The summed E-state index contributed by atoms with van der Waals surface area (Å²) in [7, 11) is 0. The third-order valence-electron chi connectivity index (χ3n) is 3.10. The molecule has 0 aliphatic rings. The Balaban J connectivity index is 2.61. The molecule has 0 heterocycles. The first-order valence-corrected chi connectivity index (χ1v) is 6.67. The van der Waals surface area contributed by atoms with Gasteiger partial charge in [-0.1, -0.05) is 32.0 Å². The van der Waals surface area contributed by atoms with Crippen molar-refractivity contribution < 1.29 is 9.59 Å². The monoisotopic (exact) mass is 262 g/mol. The van der Waals surface area contributed by atoms with E-state index in [0.29, 0.717) is 12.5 Å². The summed E-state index contributed by atoms with van der Waals surface area (Å²) in [5.74, 6) is 0.212. The van der Waals surface area contributed by atoms with Crippen LogP contribution in [0.1, 0.15) is 45.1 Å². The van der Waals surface area contributed by atoms with Gasteiger partial charge in [0.25, 0.3) is 0 Å². The predicted octanol–water partition coefficient (Wildman–Crippen LogP) is 2.66. The molecule has 0 unspecified atom stereocenters. The Labute approximate surface area is 114 Å². The van der Waals surface area contributed by atoms with Crippen LogP contribution in [0.25, 0.3) is 0 Å². The number of hydrogen-bond donors (Lipinski definition) is 2. The van der Waals surface area contributed by atoms with E-state index in [9.17, 15) is 9.59 Å². The number of rotatable bonds is 6. The highest BCUT2D eigenvalue weighted by Crippen LogP contribution is 2.26. The van der Waals surface area contributed by atoms with Crippen molar-refractivity contribution >= 4 is 17.5 Å². The molecular formula is C15H22N2O2. The number of benzene rings is 1. The summed E-state index contributed by atoms with van der Waals surface area (Å²) in [4.78, 5) is 22.5. The van der Waals surface area contributed by atoms with Gasteiger partial charge in [0, 0.05) is 25.6 Å². The van der Waals surface area contributed by atoms with Crippen LogP contribution in [0.3, 0.4) is 0 Å². The molecule has 2 N–H and O–H groups in total. The highest BCUT2D eigenvalue weighted by atomic mass is 16.2. The van der Waals surface area contributed by atoms with Gasteiger partial charge in [0.15, 0.2) is 0 Å². The van der Waals surface area contributed by atoms with Crippen molar-refractivity contribution in [2.75, 3.05) is 11.9 Å². The molecule has 0 aromatic heterocycles. The van der Waals surface area contributed by atoms with Gasteiger partial charge in [-0.2, -0.15) is 0 Å². The second-order valence-corrected chi connectivity index (χ2v) is 4.68. The van der Waals surface area contributed by atoms with Crippen LogP contribution in [0.5, 0.6) is 0 Å². The van der Waals surface area contributed by atoms with Crippen LogP contribution in [0, 0.1) is 0 Å². The number of para-hydroxylation sites is 1. The van der Waals surface area contributed by atoms with Crippen LogP contribution in [-0.4, -0.2) is 18.4 Å². The van der Waals surface area contributed by atoms with Gasteiger partial charge in [0.1, 0.15) is 0 Å². The molecular weight excluding hydrogens is 240 g/mol. The quantitative estimate of drug-likeness (QED) is 0.828. The topological polar surface area (TPSA) is 58.2 Å². The molecule has 0 fully saturated rings. The Morgan fingerprint density at radius 1 is 1.26 bits per heavy atom. The summed E-state index contributed by atoms with van der Waals surface area (Å²) in [5.41, 5.74) is 2.02. The highest BCUT2D eigenvalue weighted by Gasteiger charge is 2.10. The summed E-state index contributed by atoms with van der Waals surface area (Å²) < 4.78 is 0. The van der Waals surface area contributed by atoms with Gasteiger partial charge < -0.3 is 10.6 Å². The van der Waals surface area contributed by atoms with Crippen LogP contribution < -0.4 is 10.6 Å². The lowest BCUT2D eigenvalue weighted by atomic mass is 9.97. The maximum atomic E-state index is 11.8. The summed E-state index contributed by atoms with van der Waals surface area (Å²) >= 11 is 0. The standard InChI is InChI=1S/C15H22N2O2/c1-4-11(2)13-7-5-6-8-14(13)17-15(19)9-10-16-12(3)18/h5-8,11H,4,9-10H2,1-3H3,(H,16,18)(H,17,19)/t11-/m1/s1. The van der Waals surface area contributed by atoms with Gasteiger partial charge in [-0.05, 0) is 24.0 Å². The average molecular weight is 262 g/mol. The lowest BCUT2D eigenvalue weighted by Gasteiger charge is -2.15. The van der Waals surface area contributed by atoms with E-state index in [1.54, 1.807) is 0 Å². The smallest absolute Gasteiger partial charge is 0.226 e. The van der Waals surface area contributed by atoms with Crippen LogP contribution in [0.15, 0.2) is 24.3 Å². The summed E-state index contributed by atoms with van der Waals surface area (Å²) in [6, 6.07) is 7.85. The molecule has 0 radical (unpaired) electrons. The zero-order chi connectivity index (χ0) is 14.3. The van der Waals surface area contributed by atoms with Gasteiger partial charge in [-0.15, -0.1) is 0 Å². The van der Waals surface area contributed by atoms with E-state index in [2.05, 4.69) is 24.5 Å². The number of nitrogens with one attached hydrogen (secondary N) is 2. The van der Waals surface area contributed by atoms with E-state index >= 15 is 0 Å². The Morgan fingerprint density at radius 2 is 1.95 bits per heavy atom. The number of carbonyl (C=O) groups is 2. The van der Waals surface area contributed by atoms with Crippen molar-refractivity contribution in [1.29, 1.82) is 0 Å². The molecule has 1 atom stereocenters. The van der Waals surface area contributed by atoms with Crippen molar-refractivity contribution in [2.45, 2.75) is 39.5 Å². The number of carbonyl (C=O) groups excluding carboxylic acids is 2. The fourth-order valence-corrected chi connectivity index (χ4v) is 1.83. The summed E-state index contributed by atoms with van der Waals surface area (Å²) in [6.45, 7) is 6.07. The number of hydrogen-bond acceptors (Lipinski definition) is 2. The maximum Gasteiger partial charge on any atom is 0.226 e. The average Bonchev–Trinajstić information content (AvgIpc) is 2.38. The van der Waals surface area contributed by atoms with Crippen molar-refractivity contribution in [2.24, 2.45) is 0 Å². The molecule has 2 amide bonds. The van der Waals surface area contributed by atoms with E-state index in [0.717, 1.165) is 17.7 Å². The van der Waals surface area contributed by atoms with Crippen molar-refractivity contribution in [1.82, 2.24) is 5.32 Å². The van der Waals surface area contributed by atoms with Gasteiger partial charge in [-0.25, -0.2) is 0 Å². The molecule has 0 saturated heterocycles. The molecule has 4 nitrogen and oxygen atoms in total. The SMILES string of the molecule is CC[C@@H](C)c1ccccc1NC(=O)CCNC(C)=O. The highest BCUT2D eigenvalue weighted by molar-refractivity contribution is 5.92. The van der Waals surface area contributed by atoms with Crippen LogP contribution in [0.4, 0.5) is 5.69 Å². The number of anilines is 1. The maximum absolute atomic E-state index is 11.8. The third-order valence-corrected chi connectivity index (χ3v) is 3.10. The minimum atomic E-state index is -0.118. The molecule has 1 rings (SSSR count). The summed E-state index contributed by atoms with van der Waals surface area (Å²) in [5, 5.41) is 5.52. The third kappa shape index (κ3) is 5.12. The van der Waals surface area contributed by atoms with Crippen LogP contribution >= 0.6 is 0 Å². The van der Waals surface area contributed by atoms with Crippen molar-refractivity contribution in [3.05, 3.63) is 29.8 Å². The molecule has 0 saturated carbocycles. The zero-order valence-corrected chi connectivity index (χ0v) is 11.8. The molecule has 4 heteroatoms. The van der Waals surface area contributed by atoms with E-state index in [-0.39, 0.29) is 18.2 Å². The first kappa shape index (κ1) is 15.2. The minimum absolute atomic E-state index is 0.0792. The van der Waals surface area contributed by atoms with Crippen molar-refractivity contribution in [3.8, 4) is 0 Å². The van der Waals surface area contributed by atoms with E-state index in [4.69, 9.17) is 0 Å². The van der Waals surface area contributed by atoms with E-state index in [1.807, 2.05) is 24.3 Å². The van der Waals surface area contributed by atoms with Gasteiger partial charge in [-0.3, -0.25) is 9.59 Å². The molecule has 0 bridgehead atoms. The lowest BCUT2D eigenvalue weighted by Crippen LogP contribution is -2.25. The summed E-state index contributed by atoms with van der Waals surface area (Å²) in [6.07, 6.45) is 1.31. The molecule has 0 aliphatic heterocycles. The molecule has 104 valence electrons. The number of amides is 2. The second kappa shape index (κ2) is 7.56. The molecule has 0 spiro atoms. The normalized spacial score (nSPS) is 11.7. The second-order valence-electron chi connectivity index (χ2n) is 4.68. The molecule has 1 aromatic rings. The molecule has 1 aromatic carbocycles. The Hall–Kier alpha value is -1.84. The van der Waals surface area contributed by atoms with Gasteiger partial charge >= 0.3 is 0 Å². The Morgan fingerprint density at radius 3 is 2.58 bits per heavy atom. The van der Waals surface area contributed by atoms with E-state index in [1.165, 1.54) is 6.92 Å². The Bertz CT molecular complexity index is 444. The van der Waals surface area contributed by atoms with Crippen molar-refractivity contribution in [3.63, 3.8) is 0 Å².